The minimum atomic E-state index is -0.913. The van der Waals surface area contributed by atoms with Gasteiger partial charge in [0.05, 0.1) is 30.1 Å². The predicted octanol–water partition coefficient (Wildman–Crippen LogP) is 6.00. The summed E-state index contributed by atoms with van der Waals surface area (Å²) in [6, 6.07) is 13.9. The summed E-state index contributed by atoms with van der Waals surface area (Å²) in [5.41, 5.74) is 1.87. The molecule has 1 fully saturated rings. The van der Waals surface area contributed by atoms with Crippen LogP contribution < -0.4 is 19.7 Å². The van der Waals surface area contributed by atoms with E-state index in [2.05, 4.69) is 10.3 Å². The molecule has 196 valence electrons. The molecular weight excluding hydrogens is 486 g/mol. The number of methoxy groups -OCH3 is 1. The standard InChI is InChI=1S/C29H35N3O4S/c1-5-36-25-14-10-9-13-24(25)32(29(34)27-19(2)30-20(3)37-27)26(21-15-17-23(35-4)18-16-21)28(33)31-22-11-7-6-8-12-22/h9-10,13-18,22,26H,5-8,11-12H2,1-4H3,(H,31,33). The van der Waals surface area contributed by atoms with Crippen LogP contribution in [0.5, 0.6) is 11.5 Å². The Morgan fingerprint density at radius 3 is 2.41 bits per heavy atom. The van der Waals surface area contributed by atoms with Crippen molar-refractivity contribution >= 4 is 28.8 Å². The molecule has 3 aromatic rings. The summed E-state index contributed by atoms with van der Waals surface area (Å²) >= 11 is 1.34. The molecular formula is C29H35N3O4S. The molecule has 1 heterocycles. The SMILES string of the molecule is CCOc1ccccc1N(C(=O)c1sc(C)nc1C)C(C(=O)NC1CCCCC1)c1ccc(OC)cc1. The molecule has 1 unspecified atom stereocenters. The first-order chi connectivity index (χ1) is 17.9. The Bertz CT molecular complexity index is 1220. The number of ether oxygens (including phenoxy) is 2. The molecule has 37 heavy (non-hydrogen) atoms. The highest BCUT2D eigenvalue weighted by Crippen LogP contribution is 2.38. The van der Waals surface area contributed by atoms with Crippen LogP contribution in [-0.2, 0) is 4.79 Å². The van der Waals surface area contributed by atoms with Crippen molar-refractivity contribution in [2.45, 2.75) is 65.0 Å². The van der Waals surface area contributed by atoms with Crippen LogP contribution in [-0.4, -0.2) is 36.6 Å². The van der Waals surface area contributed by atoms with Crippen molar-refractivity contribution in [2.75, 3.05) is 18.6 Å². The topological polar surface area (TPSA) is 80.8 Å². The van der Waals surface area contributed by atoms with Crippen LogP contribution in [0, 0.1) is 13.8 Å². The number of amides is 2. The summed E-state index contributed by atoms with van der Waals surface area (Å²) in [5.74, 6) is 0.725. The summed E-state index contributed by atoms with van der Waals surface area (Å²) in [6.07, 6.45) is 5.25. The zero-order valence-corrected chi connectivity index (χ0v) is 22.8. The average molecular weight is 522 g/mol. The van der Waals surface area contributed by atoms with E-state index in [1.165, 1.54) is 17.8 Å². The normalized spacial score (nSPS) is 14.6. The smallest absolute Gasteiger partial charge is 0.271 e. The third-order valence-electron chi connectivity index (χ3n) is 6.63. The monoisotopic (exact) mass is 521 g/mol. The second-order valence-electron chi connectivity index (χ2n) is 9.24. The molecule has 1 aliphatic carbocycles. The van der Waals surface area contributed by atoms with Gasteiger partial charge in [-0.05, 0) is 63.4 Å². The maximum Gasteiger partial charge on any atom is 0.271 e. The van der Waals surface area contributed by atoms with E-state index < -0.39 is 6.04 Å². The Hall–Kier alpha value is -3.39. The van der Waals surface area contributed by atoms with E-state index in [0.717, 1.165) is 30.7 Å². The third kappa shape index (κ3) is 6.13. The summed E-state index contributed by atoms with van der Waals surface area (Å²) in [6.45, 7) is 6.03. The van der Waals surface area contributed by atoms with E-state index in [4.69, 9.17) is 9.47 Å². The largest absolute Gasteiger partial charge is 0.497 e. The zero-order chi connectivity index (χ0) is 26.4. The van der Waals surface area contributed by atoms with E-state index in [1.807, 2.05) is 69.3 Å². The number of aryl methyl sites for hydroxylation is 2. The molecule has 0 radical (unpaired) electrons. The number of rotatable bonds is 9. The molecule has 1 aliphatic rings. The van der Waals surface area contributed by atoms with E-state index in [-0.39, 0.29) is 17.9 Å². The lowest BCUT2D eigenvalue weighted by atomic mass is 9.94. The van der Waals surface area contributed by atoms with Crippen molar-refractivity contribution < 1.29 is 19.1 Å². The number of nitrogens with one attached hydrogen (secondary N) is 1. The molecule has 0 spiro atoms. The summed E-state index contributed by atoms with van der Waals surface area (Å²) < 4.78 is 11.3. The van der Waals surface area contributed by atoms with Crippen LogP contribution in [0.3, 0.4) is 0 Å². The number of hydrogen-bond acceptors (Lipinski definition) is 6. The molecule has 2 aromatic carbocycles. The maximum atomic E-state index is 14.3. The Balaban J connectivity index is 1.86. The Kier molecular flexibility index (Phi) is 8.82. The number of para-hydroxylation sites is 2. The second kappa shape index (κ2) is 12.2. The number of anilines is 1. The summed E-state index contributed by atoms with van der Waals surface area (Å²) in [5, 5.41) is 4.05. The van der Waals surface area contributed by atoms with Gasteiger partial charge in [0, 0.05) is 6.04 Å². The Labute approximate surface area is 222 Å². The van der Waals surface area contributed by atoms with Crippen LogP contribution in [0.15, 0.2) is 48.5 Å². The first-order valence-electron chi connectivity index (χ1n) is 12.9. The van der Waals surface area contributed by atoms with E-state index >= 15 is 0 Å². The van der Waals surface area contributed by atoms with Crippen LogP contribution in [0.1, 0.15) is 71.0 Å². The average Bonchev–Trinajstić information content (AvgIpc) is 3.26. The van der Waals surface area contributed by atoms with Gasteiger partial charge in [-0.15, -0.1) is 11.3 Å². The van der Waals surface area contributed by atoms with Crippen LogP contribution in [0.25, 0.3) is 0 Å². The first kappa shape index (κ1) is 26.7. The minimum Gasteiger partial charge on any atom is -0.497 e. The van der Waals surface area contributed by atoms with Crippen LogP contribution >= 0.6 is 11.3 Å². The van der Waals surface area contributed by atoms with Gasteiger partial charge < -0.3 is 14.8 Å². The van der Waals surface area contributed by atoms with Gasteiger partial charge in [-0.25, -0.2) is 4.98 Å². The van der Waals surface area contributed by atoms with Gasteiger partial charge >= 0.3 is 0 Å². The molecule has 0 aliphatic heterocycles. The summed E-state index contributed by atoms with van der Waals surface area (Å²) in [4.78, 5) is 35.0. The zero-order valence-electron chi connectivity index (χ0n) is 22.0. The molecule has 1 atom stereocenters. The van der Waals surface area contributed by atoms with Gasteiger partial charge in [0.15, 0.2) is 0 Å². The number of benzene rings is 2. The molecule has 7 nitrogen and oxygen atoms in total. The van der Waals surface area contributed by atoms with Crippen LogP contribution in [0.4, 0.5) is 5.69 Å². The highest BCUT2D eigenvalue weighted by molar-refractivity contribution is 7.13. The van der Waals surface area contributed by atoms with E-state index in [0.29, 0.717) is 39.9 Å². The van der Waals surface area contributed by atoms with Gasteiger partial charge in [-0.3, -0.25) is 14.5 Å². The highest BCUT2D eigenvalue weighted by Gasteiger charge is 2.37. The molecule has 1 saturated carbocycles. The van der Waals surface area contributed by atoms with Crippen molar-refractivity contribution in [1.29, 1.82) is 0 Å². The molecule has 1 N–H and O–H groups in total. The number of carbonyl (C=O) groups excluding carboxylic acids is 2. The molecule has 2 amide bonds. The minimum absolute atomic E-state index is 0.0912. The molecule has 8 heteroatoms. The van der Waals surface area contributed by atoms with Crippen molar-refractivity contribution in [1.82, 2.24) is 10.3 Å². The van der Waals surface area contributed by atoms with Crippen molar-refractivity contribution in [3.8, 4) is 11.5 Å². The second-order valence-corrected chi connectivity index (χ2v) is 10.4. The first-order valence-corrected chi connectivity index (χ1v) is 13.7. The van der Waals surface area contributed by atoms with Crippen LogP contribution in [0.2, 0.25) is 0 Å². The number of thiazole rings is 1. The van der Waals surface area contributed by atoms with Crippen molar-refractivity contribution in [2.24, 2.45) is 0 Å². The molecule has 4 rings (SSSR count). The maximum absolute atomic E-state index is 14.3. The predicted molar refractivity (Wildman–Crippen MR) is 147 cm³/mol. The highest BCUT2D eigenvalue weighted by atomic mass is 32.1. The van der Waals surface area contributed by atoms with E-state index in [9.17, 15) is 9.59 Å². The van der Waals surface area contributed by atoms with Crippen molar-refractivity contribution in [3.63, 3.8) is 0 Å². The van der Waals surface area contributed by atoms with E-state index in [1.54, 1.807) is 12.0 Å². The lowest BCUT2D eigenvalue weighted by molar-refractivity contribution is -0.123. The van der Waals surface area contributed by atoms with Gasteiger partial charge in [0.2, 0.25) is 5.91 Å². The van der Waals surface area contributed by atoms with Gasteiger partial charge in [0.1, 0.15) is 22.4 Å². The summed E-state index contributed by atoms with van der Waals surface area (Å²) in [7, 11) is 1.60. The molecule has 0 saturated heterocycles. The number of hydrogen-bond donors (Lipinski definition) is 1. The molecule has 1 aromatic heterocycles. The van der Waals surface area contributed by atoms with Gasteiger partial charge in [-0.1, -0.05) is 43.5 Å². The van der Waals surface area contributed by atoms with Crippen molar-refractivity contribution in [3.05, 3.63) is 69.7 Å². The van der Waals surface area contributed by atoms with Gasteiger partial charge in [-0.2, -0.15) is 0 Å². The third-order valence-corrected chi connectivity index (χ3v) is 7.69. The van der Waals surface area contributed by atoms with Gasteiger partial charge in [0.25, 0.3) is 5.91 Å². The number of nitrogens with zero attached hydrogens (tertiary/aromatic N) is 2. The fourth-order valence-electron chi connectivity index (χ4n) is 4.87. The molecule has 0 bridgehead atoms. The lowest BCUT2D eigenvalue weighted by Crippen LogP contribution is -2.47. The number of aromatic nitrogens is 1. The Morgan fingerprint density at radius 1 is 1.08 bits per heavy atom. The lowest BCUT2D eigenvalue weighted by Gasteiger charge is -2.34. The number of carbonyl (C=O) groups is 2. The fourth-order valence-corrected chi connectivity index (χ4v) is 5.73. The Morgan fingerprint density at radius 2 is 1.78 bits per heavy atom. The fraction of sp³-hybridized carbons (Fsp3) is 0.414. The quantitative estimate of drug-likeness (QED) is 0.373.